The lowest BCUT2D eigenvalue weighted by Crippen LogP contribution is -2.38. The Morgan fingerprint density at radius 1 is 1.24 bits per heavy atom. The van der Waals surface area contributed by atoms with Crippen molar-refractivity contribution in [3.8, 4) is 11.5 Å². The molecule has 0 saturated carbocycles. The minimum Gasteiger partial charge on any atom is -0.493 e. The number of carbonyl (C=O) groups is 2. The van der Waals surface area contributed by atoms with Crippen LogP contribution in [0.3, 0.4) is 0 Å². The van der Waals surface area contributed by atoms with Crippen molar-refractivity contribution in [3.05, 3.63) is 51.8 Å². The second-order valence-electron chi connectivity index (χ2n) is 6.44. The number of carbonyl (C=O) groups excluding carboxylic acids is 2. The van der Waals surface area contributed by atoms with Crippen LogP contribution in [-0.2, 0) is 9.53 Å². The maximum absolute atomic E-state index is 12.8. The fourth-order valence-corrected chi connectivity index (χ4v) is 3.61. The minimum atomic E-state index is -0.416. The van der Waals surface area contributed by atoms with Crippen molar-refractivity contribution in [1.82, 2.24) is 10.6 Å². The van der Waals surface area contributed by atoms with E-state index in [2.05, 4.69) is 10.6 Å². The van der Waals surface area contributed by atoms with Crippen LogP contribution >= 0.6 is 11.3 Å². The van der Waals surface area contributed by atoms with E-state index >= 15 is 0 Å². The van der Waals surface area contributed by atoms with Crippen LogP contribution in [0, 0.1) is 0 Å². The first-order valence-electron chi connectivity index (χ1n) is 9.29. The van der Waals surface area contributed by atoms with Crippen LogP contribution < -0.4 is 20.1 Å². The number of hydrogen-bond donors (Lipinski definition) is 2. The van der Waals surface area contributed by atoms with Crippen LogP contribution in [0.5, 0.6) is 11.5 Å². The van der Waals surface area contributed by atoms with Gasteiger partial charge in [0.1, 0.15) is 5.70 Å². The number of rotatable bonds is 8. The summed E-state index contributed by atoms with van der Waals surface area (Å²) < 4.78 is 16.0. The van der Waals surface area contributed by atoms with Gasteiger partial charge in [0.25, 0.3) is 11.8 Å². The van der Waals surface area contributed by atoms with E-state index in [0.29, 0.717) is 30.2 Å². The predicted octanol–water partition coefficient (Wildman–Crippen LogP) is 2.83. The Bertz CT molecular complexity index is 873. The molecule has 154 valence electrons. The van der Waals surface area contributed by atoms with E-state index in [0.717, 1.165) is 17.7 Å². The zero-order valence-corrected chi connectivity index (χ0v) is 17.2. The third kappa shape index (κ3) is 5.58. The Morgan fingerprint density at radius 3 is 2.72 bits per heavy atom. The Morgan fingerprint density at radius 2 is 2.07 bits per heavy atom. The van der Waals surface area contributed by atoms with Crippen molar-refractivity contribution in [2.24, 2.45) is 0 Å². The average Bonchev–Trinajstić information content (AvgIpc) is 3.45. The number of nitrogens with one attached hydrogen (secondary N) is 2. The van der Waals surface area contributed by atoms with Gasteiger partial charge in [0.05, 0.1) is 20.3 Å². The molecule has 2 heterocycles. The Hall–Kier alpha value is -2.84. The molecule has 1 saturated heterocycles. The van der Waals surface area contributed by atoms with E-state index < -0.39 is 5.91 Å². The highest BCUT2D eigenvalue weighted by Crippen LogP contribution is 2.27. The SMILES string of the molecule is COc1ccc(C(=O)N/C(=C\c2cccs2)C(=O)NC[C@H]2CCCO2)cc1OC. The van der Waals surface area contributed by atoms with Gasteiger partial charge in [-0.25, -0.2) is 0 Å². The van der Waals surface area contributed by atoms with Gasteiger partial charge in [0, 0.05) is 23.6 Å². The molecule has 0 spiro atoms. The van der Waals surface area contributed by atoms with Gasteiger partial charge in [-0.3, -0.25) is 9.59 Å². The lowest BCUT2D eigenvalue weighted by molar-refractivity contribution is -0.118. The van der Waals surface area contributed by atoms with Gasteiger partial charge >= 0.3 is 0 Å². The first kappa shape index (κ1) is 20.9. The van der Waals surface area contributed by atoms with E-state index in [1.807, 2.05) is 17.5 Å². The zero-order chi connectivity index (χ0) is 20.6. The van der Waals surface area contributed by atoms with Crippen molar-refractivity contribution >= 4 is 29.2 Å². The molecule has 3 rings (SSSR count). The summed E-state index contributed by atoms with van der Waals surface area (Å²) in [6.07, 6.45) is 3.59. The maximum Gasteiger partial charge on any atom is 0.267 e. The molecule has 1 aromatic carbocycles. The average molecular weight is 416 g/mol. The molecular formula is C21H24N2O5S. The number of amides is 2. The minimum absolute atomic E-state index is 0.0171. The third-order valence-electron chi connectivity index (χ3n) is 4.48. The first-order valence-corrected chi connectivity index (χ1v) is 10.2. The molecule has 1 atom stereocenters. The lowest BCUT2D eigenvalue weighted by atomic mass is 10.1. The molecule has 0 bridgehead atoms. The van der Waals surface area contributed by atoms with Gasteiger partial charge in [-0.1, -0.05) is 6.07 Å². The van der Waals surface area contributed by atoms with Gasteiger partial charge in [-0.05, 0) is 48.6 Å². The molecule has 7 nitrogen and oxygen atoms in total. The smallest absolute Gasteiger partial charge is 0.267 e. The van der Waals surface area contributed by atoms with E-state index in [1.165, 1.54) is 25.6 Å². The summed E-state index contributed by atoms with van der Waals surface area (Å²) in [5.41, 5.74) is 0.525. The number of thiophene rings is 1. The Kier molecular flexibility index (Phi) is 7.26. The number of hydrogen-bond acceptors (Lipinski definition) is 6. The van der Waals surface area contributed by atoms with Gasteiger partial charge < -0.3 is 24.8 Å². The molecule has 1 aliphatic heterocycles. The summed E-state index contributed by atoms with van der Waals surface area (Å²) in [6.45, 7) is 1.13. The monoisotopic (exact) mass is 416 g/mol. The topological polar surface area (TPSA) is 85.9 Å². The predicted molar refractivity (Wildman–Crippen MR) is 111 cm³/mol. The first-order chi connectivity index (χ1) is 14.1. The van der Waals surface area contributed by atoms with Crippen molar-refractivity contribution in [2.45, 2.75) is 18.9 Å². The van der Waals surface area contributed by atoms with Crippen LogP contribution in [-0.4, -0.2) is 45.3 Å². The molecule has 8 heteroatoms. The highest BCUT2D eigenvalue weighted by molar-refractivity contribution is 7.10. The van der Waals surface area contributed by atoms with Crippen LogP contribution in [0.15, 0.2) is 41.4 Å². The maximum atomic E-state index is 12.8. The number of benzene rings is 1. The fraction of sp³-hybridized carbons (Fsp3) is 0.333. The molecular weight excluding hydrogens is 392 g/mol. The molecule has 1 aromatic heterocycles. The van der Waals surface area contributed by atoms with Crippen LogP contribution in [0.4, 0.5) is 0 Å². The molecule has 0 radical (unpaired) electrons. The van der Waals surface area contributed by atoms with E-state index in [9.17, 15) is 9.59 Å². The lowest BCUT2D eigenvalue weighted by Gasteiger charge is -2.14. The second-order valence-corrected chi connectivity index (χ2v) is 7.42. The van der Waals surface area contributed by atoms with Crippen molar-refractivity contribution < 1.29 is 23.8 Å². The van der Waals surface area contributed by atoms with Gasteiger partial charge in [0.15, 0.2) is 11.5 Å². The van der Waals surface area contributed by atoms with Gasteiger partial charge in [0.2, 0.25) is 0 Å². The number of methoxy groups -OCH3 is 2. The molecule has 1 fully saturated rings. The standard InChI is InChI=1S/C21H24N2O5S/c1-26-18-8-7-14(11-19(18)27-2)20(24)23-17(12-16-6-4-10-29-16)21(25)22-13-15-5-3-9-28-15/h4,6-8,10-12,15H,3,5,9,13H2,1-2H3,(H,22,25)(H,23,24)/b17-12-/t15-/m1/s1. The summed E-state index contributed by atoms with van der Waals surface area (Å²) in [7, 11) is 3.03. The van der Waals surface area contributed by atoms with Gasteiger partial charge in [-0.2, -0.15) is 0 Å². The quantitative estimate of drug-likeness (QED) is 0.647. The second kappa shape index (κ2) is 10.1. The molecule has 2 aromatic rings. The number of ether oxygens (including phenoxy) is 3. The Labute approximate surface area is 173 Å². The molecule has 29 heavy (non-hydrogen) atoms. The van der Waals surface area contributed by atoms with E-state index in [4.69, 9.17) is 14.2 Å². The highest BCUT2D eigenvalue weighted by Gasteiger charge is 2.20. The van der Waals surface area contributed by atoms with Crippen molar-refractivity contribution in [3.63, 3.8) is 0 Å². The summed E-state index contributed by atoms with van der Waals surface area (Å²) >= 11 is 1.48. The summed E-state index contributed by atoms with van der Waals surface area (Å²) in [5.74, 6) is 0.184. The van der Waals surface area contributed by atoms with Crippen molar-refractivity contribution in [1.29, 1.82) is 0 Å². The largest absolute Gasteiger partial charge is 0.493 e. The molecule has 0 aliphatic carbocycles. The van der Waals surface area contributed by atoms with Gasteiger partial charge in [-0.15, -0.1) is 11.3 Å². The molecule has 2 amide bonds. The van der Waals surface area contributed by atoms with Crippen LogP contribution in [0.2, 0.25) is 0 Å². The molecule has 0 unspecified atom stereocenters. The Balaban J connectivity index is 1.75. The summed E-state index contributed by atoms with van der Waals surface area (Å²) in [4.78, 5) is 26.4. The van der Waals surface area contributed by atoms with E-state index in [1.54, 1.807) is 24.3 Å². The third-order valence-corrected chi connectivity index (χ3v) is 5.30. The summed E-state index contributed by atoms with van der Waals surface area (Å²) in [5, 5.41) is 7.47. The van der Waals surface area contributed by atoms with Crippen LogP contribution in [0.25, 0.3) is 6.08 Å². The summed E-state index contributed by atoms with van der Waals surface area (Å²) in [6, 6.07) is 8.59. The van der Waals surface area contributed by atoms with Crippen molar-refractivity contribution in [2.75, 3.05) is 27.4 Å². The highest BCUT2D eigenvalue weighted by atomic mass is 32.1. The zero-order valence-electron chi connectivity index (χ0n) is 16.4. The fourth-order valence-electron chi connectivity index (χ4n) is 2.95. The normalized spacial score (nSPS) is 16.3. The van der Waals surface area contributed by atoms with E-state index in [-0.39, 0.29) is 17.7 Å². The van der Waals surface area contributed by atoms with Crippen LogP contribution in [0.1, 0.15) is 28.1 Å². The molecule has 2 N–H and O–H groups in total. The molecule has 1 aliphatic rings.